The molecule has 0 saturated carbocycles. The van der Waals surface area contributed by atoms with Crippen molar-refractivity contribution in [1.29, 1.82) is 0 Å². The molecule has 2 aromatic carbocycles. The second-order valence-corrected chi connectivity index (χ2v) is 7.91. The molecule has 2 heterocycles. The molecule has 0 radical (unpaired) electrons. The number of allylic oxidation sites excluding steroid dienone is 1. The highest BCUT2D eigenvalue weighted by atomic mass is 32.1. The number of para-hydroxylation sites is 2. The summed E-state index contributed by atoms with van der Waals surface area (Å²) >= 11 is 1.12. The molecule has 174 valence electrons. The first kappa shape index (κ1) is 23.1. The van der Waals surface area contributed by atoms with Crippen molar-refractivity contribution in [2.45, 2.75) is 6.55 Å². The predicted molar refractivity (Wildman–Crippen MR) is 124 cm³/mol. The van der Waals surface area contributed by atoms with Crippen molar-refractivity contribution in [3.63, 3.8) is 0 Å². The zero-order valence-corrected chi connectivity index (χ0v) is 18.7. The number of alkyl halides is 2. The molecule has 2 aromatic heterocycles. The molecule has 0 bridgehead atoms. The third-order valence-corrected chi connectivity index (χ3v) is 5.92. The third-order valence-electron chi connectivity index (χ3n) is 5.05. The zero-order valence-electron chi connectivity index (χ0n) is 17.9. The Morgan fingerprint density at radius 2 is 1.85 bits per heavy atom. The van der Waals surface area contributed by atoms with Gasteiger partial charge in [-0.05, 0) is 35.7 Å². The average Bonchev–Trinajstić information content (AvgIpc) is 3.49. The fourth-order valence-electron chi connectivity index (χ4n) is 3.52. The van der Waals surface area contributed by atoms with E-state index in [0.717, 1.165) is 17.4 Å². The van der Waals surface area contributed by atoms with Crippen molar-refractivity contribution >= 4 is 45.5 Å². The fraction of sp³-hybridized carbons (Fsp3) is 0.130. The lowest BCUT2D eigenvalue weighted by atomic mass is 10.0. The number of aromatic nitrogens is 2. The first-order chi connectivity index (χ1) is 16.3. The Labute approximate surface area is 195 Å². The van der Waals surface area contributed by atoms with Crippen molar-refractivity contribution in [3.8, 4) is 11.5 Å². The molecule has 34 heavy (non-hydrogen) atoms. The minimum atomic E-state index is -3.01. The number of carbonyl (C=O) groups excluding carboxylic acids is 1. The van der Waals surface area contributed by atoms with Crippen LogP contribution in [0.4, 0.5) is 14.5 Å². The van der Waals surface area contributed by atoms with Gasteiger partial charge in [0.1, 0.15) is 5.82 Å². The number of nitrogens with zero attached hydrogens (tertiary/aromatic N) is 3. The van der Waals surface area contributed by atoms with E-state index in [-0.39, 0.29) is 44.4 Å². The number of carbonyl (C=O) groups is 1. The maximum Gasteiger partial charge on any atom is 0.320 e. The summed E-state index contributed by atoms with van der Waals surface area (Å²) in [4.78, 5) is 29.1. The van der Waals surface area contributed by atoms with Gasteiger partial charge >= 0.3 is 6.55 Å². The SMILES string of the molecule is COc1cc(C=C(C(=O)c2cccs2)c2nc3ccccc3n2C(F)F)c([N+](=O)[O-])cc1OC. The lowest BCUT2D eigenvalue weighted by molar-refractivity contribution is -0.385. The standard InChI is InChI=1S/C23H17F2N3O5S/c1-32-18-11-13(17(28(30)31)12-19(18)33-2)10-14(21(29)20-8-5-9-34-20)22-26-15-6-3-4-7-16(15)27(22)23(24)25/h3-12,23H,1-2H3. The van der Waals surface area contributed by atoms with Crippen LogP contribution >= 0.6 is 11.3 Å². The summed E-state index contributed by atoms with van der Waals surface area (Å²) in [5.74, 6) is -0.628. The van der Waals surface area contributed by atoms with Gasteiger partial charge in [-0.1, -0.05) is 18.2 Å². The van der Waals surface area contributed by atoms with Gasteiger partial charge in [-0.15, -0.1) is 11.3 Å². The highest BCUT2D eigenvalue weighted by molar-refractivity contribution is 7.12. The molecule has 0 fully saturated rings. The van der Waals surface area contributed by atoms with E-state index in [1.54, 1.807) is 35.7 Å². The highest BCUT2D eigenvalue weighted by Crippen LogP contribution is 2.38. The Morgan fingerprint density at radius 1 is 1.15 bits per heavy atom. The second kappa shape index (κ2) is 9.40. The fourth-order valence-corrected chi connectivity index (χ4v) is 4.20. The van der Waals surface area contributed by atoms with Gasteiger partial charge in [0, 0.05) is 0 Å². The predicted octanol–water partition coefficient (Wildman–Crippen LogP) is 5.84. The number of halogens is 2. The molecule has 8 nitrogen and oxygen atoms in total. The quantitative estimate of drug-likeness (QED) is 0.135. The van der Waals surface area contributed by atoms with Crippen molar-refractivity contribution in [2.24, 2.45) is 0 Å². The van der Waals surface area contributed by atoms with Crippen LogP contribution in [0.2, 0.25) is 0 Å². The largest absolute Gasteiger partial charge is 0.493 e. The molecule has 0 saturated heterocycles. The van der Waals surface area contributed by atoms with E-state index in [1.165, 1.54) is 32.4 Å². The van der Waals surface area contributed by atoms with E-state index in [0.29, 0.717) is 4.57 Å². The van der Waals surface area contributed by atoms with Crippen LogP contribution in [0, 0.1) is 10.1 Å². The minimum Gasteiger partial charge on any atom is -0.493 e. The van der Waals surface area contributed by atoms with E-state index < -0.39 is 22.9 Å². The van der Waals surface area contributed by atoms with Crippen molar-refractivity contribution in [1.82, 2.24) is 9.55 Å². The van der Waals surface area contributed by atoms with Crippen LogP contribution in [0.5, 0.6) is 11.5 Å². The number of ether oxygens (including phenoxy) is 2. The van der Waals surface area contributed by atoms with Gasteiger partial charge in [0.15, 0.2) is 11.5 Å². The molecule has 0 unspecified atom stereocenters. The van der Waals surface area contributed by atoms with E-state index in [4.69, 9.17) is 9.47 Å². The molecular weight excluding hydrogens is 468 g/mol. The van der Waals surface area contributed by atoms with Gasteiger partial charge in [-0.25, -0.2) is 4.98 Å². The summed E-state index contributed by atoms with van der Waals surface area (Å²) < 4.78 is 39.3. The molecule has 0 aliphatic carbocycles. The zero-order chi connectivity index (χ0) is 24.4. The number of benzene rings is 2. The van der Waals surface area contributed by atoms with Crippen LogP contribution < -0.4 is 9.47 Å². The first-order valence-corrected chi connectivity index (χ1v) is 10.7. The third kappa shape index (κ3) is 4.13. The summed E-state index contributed by atoms with van der Waals surface area (Å²) in [6.45, 7) is -3.01. The number of Topliss-reactive ketones (excluding diaryl/α,β-unsaturated/α-hetero) is 1. The van der Waals surface area contributed by atoms with E-state index in [2.05, 4.69) is 4.98 Å². The molecule has 4 rings (SSSR count). The first-order valence-electron chi connectivity index (χ1n) is 9.81. The normalized spacial score (nSPS) is 11.7. The number of thiophene rings is 1. The molecule has 0 amide bonds. The summed E-state index contributed by atoms with van der Waals surface area (Å²) in [5.41, 5.74) is -0.276. The van der Waals surface area contributed by atoms with Gasteiger partial charge in [-0.3, -0.25) is 19.5 Å². The molecule has 0 spiro atoms. The van der Waals surface area contributed by atoms with E-state index >= 15 is 0 Å². The summed E-state index contributed by atoms with van der Waals surface area (Å²) in [7, 11) is 2.68. The van der Waals surface area contributed by atoms with Gasteiger partial charge in [0.05, 0.1) is 52.3 Å². The monoisotopic (exact) mass is 485 g/mol. The smallest absolute Gasteiger partial charge is 0.320 e. The van der Waals surface area contributed by atoms with Crippen molar-refractivity contribution < 1.29 is 28.0 Å². The number of imidazole rings is 1. The number of fused-ring (bicyclic) bond motifs is 1. The van der Waals surface area contributed by atoms with Crippen LogP contribution in [0.25, 0.3) is 22.7 Å². The lowest BCUT2D eigenvalue weighted by Gasteiger charge is -2.12. The molecule has 0 atom stereocenters. The molecule has 11 heteroatoms. The molecule has 0 N–H and O–H groups in total. The van der Waals surface area contributed by atoms with Crippen LogP contribution in [0.1, 0.15) is 27.6 Å². The number of nitro benzene ring substituents is 1. The maximum atomic E-state index is 14.2. The number of nitro groups is 1. The lowest BCUT2D eigenvalue weighted by Crippen LogP contribution is -2.10. The van der Waals surface area contributed by atoms with E-state index in [1.807, 2.05) is 0 Å². The van der Waals surface area contributed by atoms with Crippen molar-refractivity contribution in [2.75, 3.05) is 14.2 Å². The number of rotatable bonds is 8. The van der Waals surface area contributed by atoms with Gasteiger partial charge in [0.25, 0.3) is 5.69 Å². The molecular formula is C23H17F2N3O5S. The number of hydrogen-bond donors (Lipinski definition) is 0. The van der Waals surface area contributed by atoms with Gasteiger partial charge in [-0.2, -0.15) is 8.78 Å². The Hall–Kier alpha value is -4.12. The summed E-state index contributed by atoms with van der Waals surface area (Å²) in [6, 6.07) is 11.9. The number of ketones is 1. The van der Waals surface area contributed by atoms with Crippen LogP contribution in [-0.2, 0) is 0 Å². The van der Waals surface area contributed by atoms with Gasteiger partial charge < -0.3 is 9.47 Å². The summed E-state index contributed by atoms with van der Waals surface area (Å²) in [5, 5.41) is 13.4. The molecule has 0 aliphatic rings. The Kier molecular flexibility index (Phi) is 6.37. The van der Waals surface area contributed by atoms with Crippen LogP contribution in [0.3, 0.4) is 0 Å². The van der Waals surface area contributed by atoms with Crippen LogP contribution in [0.15, 0.2) is 53.9 Å². The second-order valence-electron chi connectivity index (χ2n) is 6.96. The van der Waals surface area contributed by atoms with Crippen LogP contribution in [-0.4, -0.2) is 34.5 Å². The van der Waals surface area contributed by atoms with E-state index in [9.17, 15) is 23.7 Å². The van der Waals surface area contributed by atoms with Crippen molar-refractivity contribution in [3.05, 3.63) is 80.3 Å². The van der Waals surface area contributed by atoms with Gasteiger partial charge in [0.2, 0.25) is 5.78 Å². The summed E-state index contributed by atoms with van der Waals surface area (Å²) in [6.07, 6.45) is 1.18. The Morgan fingerprint density at radius 3 is 2.47 bits per heavy atom. The Balaban J connectivity index is 2.04. The topological polar surface area (TPSA) is 96.5 Å². The Bertz CT molecular complexity index is 1410. The number of hydrogen-bond acceptors (Lipinski definition) is 7. The maximum absolute atomic E-state index is 14.2. The minimum absolute atomic E-state index is 0.0320. The average molecular weight is 485 g/mol. The molecule has 0 aliphatic heterocycles. The molecule has 4 aromatic rings. The number of methoxy groups -OCH3 is 2. The highest BCUT2D eigenvalue weighted by Gasteiger charge is 2.27.